The minimum absolute atomic E-state index is 0.148. The molecule has 0 aliphatic rings. The Bertz CT molecular complexity index is 528. The van der Waals surface area contributed by atoms with E-state index in [1.807, 2.05) is 0 Å². The van der Waals surface area contributed by atoms with Gasteiger partial charge in [-0.05, 0) is 30.3 Å². The van der Waals surface area contributed by atoms with Gasteiger partial charge in [-0.15, -0.1) is 0 Å². The maximum Gasteiger partial charge on any atom is 0.196 e. The molecule has 2 rings (SSSR count). The Morgan fingerprint density at radius 2 is 2.12 bits per heavy atom. The quantitative estimate of drug-likeness (QED) is 0.749. The van der Waals surface area contributed by atoms with Crippen molar-refractivity contribution >= 4 is 17.4 Å². The topological polar surface area (TPSA) is 30.0 Å². The lowest BCUT2D eigenvalue weighted by Gasteiger charge is -2.03. The molecule has 4 heteroatoms. The van der Waals surface area contributed by atoms with Gasteiger partial charge < -0.3 is 0 Å². The largest absolute Gasteiger partial charge is 0.288 e. The fraction of sp³-hybridized carbons (Fsp3) is 0. The van der Waals surface area contributed by atoms with E-state index in [9.17, 15) is 9.18 Å². The summed E-state index contributed by atoms with van der Waals surface area (Å²) >= 11 is 5.83. The Hall–Kier alpha value is -1.74. The number of benzene rings is 1. The number of aromatic nitrogens is 1. The zero-order valence-corrected chi connectivity index (χ0v) is 8.91. The van der Waals surface area contributed by atoms with Crippen molar-refractivity contribution < 1.29 is 9.18 Å². The van der Waals surface area contributed by atoms with E-state index >= 15 is 0 Å². The number of ketones is 1. The first-order chi connectivity index (χ1) is 7.68. The van der Waals surface area contributed by atoms with Gasteiger partial charge in [-0.25, -0.2) is 4.39 Å². The highest BCUT2D eigenvalue weighted by Crippen LogP contribution is 2.20. The molecule has 0 bridgehead atoms. The molecule has 0 saturated heterocycles. The molecular formula is C12H7ClFNO. The number of hydrogen-bond acceptors (Lipinski definition) is 2. The van der Waals surface area contributed by atoms with Gasteiger partial charge in [0, 0.05) is 23.5 Å². The molecule has 0 saturated carbocycles. The highest BCUT2D eigenvalue weighted by atomic mass is 35.5. The second-order valence-corrected chi connectivity index (χ2v) is 3.60. The molecule has 1 heterocycles. The van der Waals surface area contributed by atoms with E-state index in [2.05, 4.69) is 4.98 Å². The van der Waals surface area contributed by atoms with E-state index in [4.69, 9.17) is 11.6 Å². The average Bonchev–Trinajstić information content (AvgIpc) is 2.32. The lowest BCUT2D eigenvalue weighted by Crippen LogP contribution is -2.03. The zero-order chi connectivity index (χ0) is 11.5. The first kappa shape index (κ1) is 10.8. The summed E-state index contributed by atoms with van der Waals surface area (Å²) in [5, 5.41) is 0.232. The number of nitrogens with zero attached hydrogens (tertiary/aromatic N) is 1. The van der Waals surface area contributed by atoms with Crippen molar-refractivity contribution in [3.05, 3.63) is 64.7 Å². The number of hydrogen-bond donors (Lipinski definition) is 0. The van der Waals surface area contributed by atoms with Crippen LogP contribution < -0.4 is 0 Å². The van der Waals surface area contributed by atoms with Gasteiger partial charge in [0.05, 0.1) is 5.02 Å². The van der Waals surface area contributed by atoms with E-state index in [1.54, 1.807) is 18.3 Å². The van der Waals surface area contributed by atoms with Crippen LogP contribution in [0.4, 0.5) is 4.39 Å². The van der Waals surface area contributed by atoms with E-state index in [0.29, 0.717) is 5.56 Å². The van der Waals surface area contributed by atoms with Gasteiger partial charge >= 0.3 is 0 Å². The normalized spacial score (nSPS) is 10.1. The molecular weight excluding hydrogens is 229 g/mol. The summed E-state index contributed by atoms with van der Waals surface area (Å²) in [7, 11) is 0. The van der Waals surface area contributed by atoms with Gasteiger partial charge in [0.15, 0.2) is 5.78 Å². The monoisotopic (exact) mass is 235 g/mol. The van der Waals surface area contributed by atoms with Crippen LogP contribution in [0.25, 0.3) is 0 Å². The predicted molar refractivity (Wildman–Crippen MR) is 59.1 cm³/mol. The van der Waals surface area contributed by atoms with Gasteiger partial charge in [0.1, 0.15) is 5.82 Å². The molecule has 0 atom stereocenters. The Kier molecular flexibility index (Phi) is 2.97. The molecule has 2 nitrogen and oxygen atoms in total. The fourth-order valence-electron chi connectivity index (χ4n) is 1.32. The van der Waals surface area contributed by atoms with Gasteiger partial charge in [-0.2, -0.15) is 0 Å². The Morgan fingerprint density at radius 1 is 1.31 bits per heavy atom. The summed E-state index contributed by atoms with van der Waals surface area (Å²) < 4.78 is 13.0. The third kappa shape index (κ3) is 2.09. The van der Waals surface area contributed by atoms with Crippen LogP contribution in [0, 0.1) is 5.82 Å². The first-order valence-corrected chi connectivity index (χ1v) is 4.96. The standard InChI is InChI=1S/C12H7ClFNO/c13-11-4-3-9(14)6-10(11)12(16)8-2-1-5-15-7-8/h1-7H. The second-order valence-electron chi connectivity index (χ2n) is 3.19. The Labute approximate surface area is 96.7 Å². The summed E-state index contributed by atoms with van der Waals surface area (Å²) in [6.07, 6.45) is 2.98. The molecule has 0 unspecified atom stereocenters. The molecule has 0 fully saturated rings. The minimum atomic E-state index is -0.489. The smallest absolute Gasteiger partial charge is 0.196 e. The summed E-state index contributed by atoms with van der Waals surface area (Å²) in [6.45, 7) is 0. The maximum absolute atomic E-state index is 13.0. The average molecular weight is 236 g/mol. The van der Waals surface area contributed by atoms with Crippen molar-refractivity contribution in [2.75, 3.05) is 0 Å². The van der Waals surface area contributed by atoms with Crippen LogP contribution in [-0.4, -0.2) is 10.8 Å². The predicted octanol–water partition coefficient (Wildman–Crippen LogP) is 3.11. The second kappa shape index (κ2) is 4.41. The van der Waals surface area contributed by atoms with Gasteiger partial charge in [-0.3, -0.25) is 9.78 Å². The van der Waals surface area contributed by atoms with Gasteiger partial charge in [0.2, 0.25) is 0 Å². The van der Waals surface area contributed by atoms with Crippen LogP contribution in [0.1, 0.15) is 15.9 Å². The van der Waals surface area contributed by atoms with Crippen LogP contribution >= 0.6 is 11.6 Å². The molecule has 0 spiro atoms. The molecule has 0 aliphatic carbocycles. The molecule has 0 aliphatic heterocycles. The van der Waals surface area contributed by atoms with Crippen LogP contribution in [0.3, 0.4) is 0 Å². The van der Waals surface area contributed by atoms with Crippen molar-refractivity contribution in [3.63, 3.8) is 0 Å². The van der Waals surface area contributed by atoms with Crippen molar-refractivity contribution in [2.45, 2.75) is 0 Å². The number of carbonyl (C=O) groups excluding carboxylic acids is 1. The van der Waals surface area contributed by atoms with E-state index in [0.717, 1.165) is 6.07 Å². The van der Waals surface area contributed by atoms with E-state index in [1.165, 1.54) is 18.3 Å². The number of halogens is 2. The van der Waals surface area contributed by atoms with Crippen molar-refractivity contribution in [1.82, 2.24) is 4.98 Å². The Morgan fingerprint density at radius 3 is 2.81 bits per heavy atom. The van der Waals surface area contributed by atoms with Gasteiger partial charge in [-0.1, -0.05) is 11.6 Å². The summed E-state index contributed by atoms with van der Waals surface area (Å²) in [5.41, 5.74) is 0.532. The molecule has 16 heavy (non-hydrogen) atoms. The van der Waals surface area contributed by atoms with Gasteiger partial charge in [0.25, 0.3) is 0 Å². The van der Waals surface area contributed by atoms with Crippen LogP contribution in [-0.2, 0) is 0 Å². The molecule has 0 amide bonds. The molecule has 0 N–H and O–H groups in total. The van der Waals surface area contributed by atoms with Crippen LogP contribution in [0.5, 0.6) is 0 Å². The van der Waals surface area contributed by atoms with E-state index in [-0.39, 0.29) is 16.4 Å². The molecule has 2 aromatic rings. The summed E-state index contributed by atoms with van der Waals surface area (Å²) in [5.74, 6) is -0.825. The molecule has 0 radical (unpaired) electrons. The third-order valence-electron chi connectivity index (χ3n) is 2.10. The van der Waals surface area contributed by atoms with E-state index < -0.39 is 5.82 Å². The number of pyridine rings is 1. The molecule has 80 valence electrons. The zero-order valence-electron chi connectivity index (χ0n) is 8.15. The van der Waals surface area contributed by atoms with Crippen molar-refractivity contribution in [3.8, 4) is 0 Å². The molecule has 1 aromatic carbocycles. The fourth-order valence-corrected chi connectivity index (χ4v) is 1.53. The highest BCUT2D eigenvalue weighted by Gasteiger charge is 2.13. The first-order valence-electron chi connectivity index (χ1n) is 4.58. The SMILES string of the molecule is O=C(c1cccnc1)c1cc(F)ccc1Cl. The maximum atomic E-state index is 13.0. The lowest BCUT2D eigenvalue weighted by molar-refractivity contribution is 0.103. The number of rotatable bonds is 2. The lowest BCUT2D eigenvalue weighted by atomic mass is 10.1. The van der Waals surface area contributed by atoms with Crippen molar-refractivity contribution in [1.29, 1.82) is 0 Å². The summed E-state index contributed by atoms with van der Waals surface area (Å²) in [4.78, 5) is 15.8. The number of carbonyl (C=O) groups is 1. The van der Waals surface area contributed by atoms with Crippen molar-refractivity contribution in [2.24, 2.45) is 0 Å². The molecule has 1 aromatic heterocycles. The van der Waals surface area contributed by atoms with Crippen LogP contribution in [0.15, 0.2) is 42.7 Å². The Balaban J connectivity index is 2.46. The minimum Gasteiger partial charge on any atom is -0.288 e. The van der Waals surface area contributed by atoms with Crippen LogP contribution in [0.2, 0.25) is 5.02 Å². The summed E-state index contributed by atoms with van der Waals surface area (Å²) in [6, 6.07) is 6.94. The highest BCUT2D eigenvalue weighted by molar-refractivity contribution is 6.34. The third-order valence-corrected chi connectivity index (χ3v) is 2.43.